The van der Waals surface area contributed by atoms with Gasteiger partial charge in [-0.15, -0.1) is 10.2 Å². The van der Waals surface area contributed by atoms with Gasteiger partial charge in [0.25, 0.3) is 5.16 Å². The predicted octanol–water partition coefficient (Wildman–Crippen LogP) is 2.43. The Morgan fingerprint density at radius 3 is 2.50 bits per heavy atom. The van der Waals surface area contributed by atoms with Gasteiger partial charge in [0, 0.05) is 36.2 Å². The van der Waals surface area contributed by atoms with Crippen LogP contribution in [0.1, 0.15) is 44.5 Å². The summed E-state index contributed by atoms with van der Waals surface area (Å²) in [6.07, 6.45) is 6.98. The van der Waals surface area contributed by atoms with E-state index in [0.717, 1.165) is 18.4 Å². The molecular formula is C17H20N6O2S. The Labute approximate surface area is 151 Å². The summed E-state index contributed by atoms with van der Waals surface area (Å²) in [5, 5.41) is 12.6. The number of hydrogen-bond donors (Lipinski definition) is 0. The lowest BCUT2D eigenvalue weighted by Gasteiger charge is -2.09. The Balaban J connectivity index is 1.71. The van der Waals surface area contributed by atoms with E-state index >= 15 is 0 Å². The van der Waals surface area contributed by atoms with Crippen molar-refractivity contribution in [2.45, 2.75) is 49.7 Å². The summed E-state index contributed by atoms with van der Waals surface area (Å²) in [5.41, 5.74) is 1.32. The summed E-state index contributed by atoms with van der Waals surface area (Å²) < 4.78 is 29.5. The van der Waals surface area contributed by atoms with Crippen LogP contribution in [0.4, 0.5) is 0 Å². The van der Waals surface area contributed by atoms with Gasteiger partial charge < -0.3 is 0 Å². The van der Waals surface area contributed by atoms with Crippen molar-refractivity contribution in [2.75, 3.05) is 0 Å². The number of nitrogens with zero attached hydrogens (tertiary/aromatic N) is 6. The maximum atomic E-state index is 13.0. The van der Waals surface area contributed by atoms with Crippen molar-refractivity contribution in [1.82, 2.24) is 29.5 Å². The molecule has 0 bridgehead atoms. The summed E-state index contributed by atoms with van der Waals surface area (Å²) in [4.78, 5) is 4.00. The molecule has 8 nitrogen and oxygen atoms in total. The smallest absolute Gasteiger partial charge is 0.250 e. The van der Waals surface area contributed by atoms with E-state index in [9.17, 15) is 8.42 Å². The molecule has 0 spiro atoms. The zero-order valence-corrected chi connectivity index (χ0v) is 15.5. The Hall–Kier alpha value is -2.55. The molecular weight excluding hydrogens is 352 g/mol. The molecule has 1 fully saturated rings. The summed E-state index contributed by atoms with van der Waals surface area (Å²) in [7, 11) is -3.65. The van der Waals surface area contributed by atoms with E-state index in [4.69, 9.17) is 0 Å². The van der Waals surface area contributed by atoms with Crippen LogP contribution in [0.3, 0.4) is 0 Å². The predicted molar refractivity (Wildman–Crippen MR) is 95.0 cm³/mol. The third kappa shape index (κ3) is 3.14. The van der Waals surface area contributed by atoms with Crippen LogP contribution in [0.15, 0.2) is 41.9 Å². The zero-order chi connectivity index (χ0) is 18.3. The molecule has 1 saturated carbocycles. The molecule has 0 aliphatic heterocycles. The zero-order valence-electron chi connectivity index (χ0n) is 14.6. The molecule has 1 aliphatic rings. The monoisotopic (exact) mass is 372 g/mol. The maximum absolute atomic E-state index is 13.0. The lowest BCUT2D eigenvalue weighted by atomic mass is 10.2. The van der Waals surface area contributed by atoms with Gasteiger partial charge in [0.2, 0.25) is 9.84 Å². The number of pyridine rings is 1. The molecule has 1 aliphatic carbocycles. The van der Waals surface area contributed by atoms with E-state index in [1.165, 1.54) is 0 Å². The third-order valence-electron chi connectivity index (χ3n) is 4.32. The Morgan fingerprint density at radius 1 is 1.15 bits per heavy atom. The highest BCUT2D eigenvalue weighted by Gasteiger charge is 2.35. The van der Waals surface area contributed by atoms with E-state index in [1.807, 2.05) is 26.0 Å². The van der Waals surface area contributed by atoms with Crippen molar-refractivity contribution < 1.29 is 8.42 Å². The fraction of sp³-hybridized carbons (Fsp3) is 0.412. The second-order valence-electron chi connectivity index (χ2n) is 6.78. The van der Waals surface area contributed by atoms with Gasteiger partial charge >= 0.3 is 0 Å². The lowest BCUT2D eigenvalue weighted by molar-refractivity contribution is 0.526. The number of hydrogen-bond acceptors (Lipinski definition) is 6. The molecule has 0 radical (unpaired) electrons. The standard InChI is InChI=1S/C17H20N6O2S/c1-12(2)22-10-7-14(21-22)11-26(24,25)17-20-19-16(23(17)15-3-4-15)13-5-8-18-9-6-13/h5-10,12,15H,3-4,11H2,1-2H3. The van der Waals surface area contributed by atoms with Crippen LogP contribution in [-0.4, -0.2) is 37.9 Å². The molecule has 4 rings (SSSR count). The first-order valence-electron chi connectivity index (χ1n) is 8.58. The van der Waals surface area contributed by atoms with Gasteiger partial charge in [-0.05, 0) is 44.9 Å². The van der Waals surface area contributed by atoms with Crippen molar-refractivity contribution in [1.29, 1.82) is 0 Å². The second kappa shape index (κ2) is 6.31. The van der Waals surface area contributed by atoms with Crippen molar-refractivity contribution in [3.05, 3.63) is 42.5 Å². The van der Waals surface area contributed by atoms with Crippen LogP contribution in [-0.2, 0) is 15.6 Å². The lowest BCUT2D eigenvalue weighted by Crippen LogP contribution is -2.14. The van der Waals surface area contributed by atoms with E-state index < -0.39 is 9.84 Å². The van der Waals surface area contributed by atoms with Crippen LogP contribution < -0.4 is 0 Å². The molecule has 0 amide bonds. The Morgan fingerprint density at radius 2 is 1.88 bits per heavy atom. The minimum absolute atomic E-state index is 0.0194. The Kier molecular flexibility index (Phi) is 4.10. The van der Waals surface area contributed by atoms with Crippen molar-refractivity contribution in [2.24, 2.45) is 0 Å². The second-order valence-corrected chi connectivity index (χ2v) is 8.67. The molecule has 3 aromatic rings. The first-order chi connectivity index (χ1) is 12.5. The molecule has 0 aromatic carbocycles. The molecule has 0 N–H and O–H groups in total. The highest BCUT2D eigenvalue weighted by Crippen LogP contribution is 2.40. The van der Waals surface area contributed by atoms with Crippen LogP contribution in [0.5, 0.6) is 0 Å². The van der Waals surface area contributed by atoms with Crippen LogP contribution in [0, 0.1) is 0 Å². The molecule has 0 saturated heterocycles. The highest BCUT2D eigenvalue weighted by atomic mass is 32.2. The van der Waals surface area contributed by atoms with Crippen LogP contribution >= 0.6 is 0 Å². The maximum Gasteiger partial charge on any atom is 0.250 e. The molecule has 3 aromatic heterocycles. The van der Waals surface area contributed by atoms with Gasteiger partial charge in [0.1, 0.15) is 5.75 Å². The quantitative estimate of drug-likeness (QED) is 0.659. The highest BCUT2D eigenvalue weighted by molar-refractivity contribution is 7.90. The summed E-state index contributed by atoms with van der Waals surface area (Å²) >= 11 is 0. The summed E-state index contributed by atoms with van der Waals surface area (Å²) in [6, 6.07) is 5.66. The molecule has 136 valence electrons. The Bertz CT molecular complexity index is 1020. The van der Waals surface area contributed by atoms with Crippen molar-refractivity contribution in [3.8, 4) is 11.4 Å². The van der Waals surface area contributed by atoms with E-state index in [0.29, 0.717) is 11.5 Å². The first-order valence-corrected chi connectivity index (χ1v) is 10.2. The van der Waals surface area contributed by atoms with Crippen molar-refractivity contribution >= 4 is 9.84 Å². The molecule has 26 heavy (non-hydrogen) atoms. The van der Waals surface area contributed by atoms with E-state index in [2.05, 4.69) is 20.3 Å². The van der Waals surface area contributed by atoms with Gasteiger partial charge in [-0.2, -0.15) is 5.10 Å². The number of aromatic nitrogens is 6. The minimum atomic E-state index is -3.65. The van der Waals surface area contributed by atoms with E-state index in [-0.39, 0.29) is 23.0 Å². The fourth-order valence-electron chi connectivity index (χ4n) is 2.85. The fourth-order valence-corrected chi connectivity index (χ4v) is 4.22. The van der Waals surface area contributed by atoms with Gasteiger partial charge in [0.05, 0.1) is 5.69 Å². The van der Waals surface area contributed by atoms with Crippen LogP contribution in [0.2, 0.25) is 0 Å². The number of rotatable bonds is 6. The molecule has 0 unspecified atom stereocenters. The molecule has 0 atom stereocenters. The molecule has 9 heteroatoms. The third-order valence-corrected chi connectivity index (χ3v) is 5.83. The normalized spacial score (nSPS) is 14.9. The summed E-state index contributed by atoms with van der Waals surface area (Å²) in [5.74, 6) is 0.384. The average Bonchev–Trinajstić information content (AvgIpc) is 3.17. The van der Waals surface area contributed by atoms with Crippen molar-refractivity contribution in [3.63, 3.8) is 0 Å². The van der Waals surface area contributed by atoms with Gasteiger partial charge in [-0.3, -0.25) is 14.2 Å². The SMILES string of the molecule is CC(C)n1ccc(CS(=O)(=O)c2nnc(-c3ccncc3)n2C2CC2)n1. The van der Waals surface area contributed by atoms with E-state index in [1.54, 1.807) is 33.9 Å². The van der Waals surface area contributed by atoms with Gasteiger partial charge in [0.15, 0.2) is 5.82 Å². The largest absolute Gasteiger partial charge is 0.295 e. The van der Waals surface area contributed by atoms with Crippen LogP contribution in [0.25, 0.3) is 11.4 Å². The van der Waals surface area contributed by atoms with Gasteiger partial charge in [-0.1, -0.05) is 0 Å². The number of sulfone groups is 1. The van der Waals surface area contributed by atoms with Gasteiger partial charge in [-0.25, -0.2) is 8.42 Å². The topological polar surface area (TPSA) is 95.6 Å². The first kappa shape index (κ1) is 16.9. The summed E-state index contributed by atoms with van der Waals surface area (Å²) in [6.45, 7) is 3.99. The molecule has 3 heterocycles. The minimum Gasteiger partial charge on any atom is -0.295 e. The average molecular weight is 372 g/mol.